The third-order valence-electron chi connectivity index (χ3n) is 3.23. The highest BCUT2D eigenvalue weighted by Gasteiger charge is 2.44. The largest absolute Gasteiger partial charge is 0.327 e. The van der Waals surface area contributed by atoms with E-state index >= 15 is 0 Å². The Balaban J connectivity index is 3.32. The molecule has 0 aliphatic heterocycles. The highest BCUT2D eigenvalue weighted by molar-refractivity contribution is 7.39. The van der Waals surface area contributed by atoms with Gasteiger partial charge in [-0.15, -0.1) is 0 Å². The van der Waals surface area contributed by atoms with Crippen LogP contribution in [-0.4, -0.2) is 25.3 Å². The lowest BCUT2D eigenvalue weighted by Crippen LogP contribution is -2.44. The Bertz CT molecular complexity index is 538. The van der Waals surface area contributed by atoms with Gasteiger partial charge in [0.1, 0.15) is 0 Å². The van der Waals surface area contributed by atoms with Crippen LogP contribution in [0.1, 0.15) is 38.7 Å². The van der Waals surface area contributed by atoms with E-state index in [9.17, 15) is 9.83 Å². The van der Waals surface area contributed by atoms with Crippen LogP contribution in [0.15, 0.2) is 24.3 Å². The maximum absolute atomic E-state index is 12.1. The smallest absolute Gasteiger partial charge is 0.296 e. The quantitative estimate of drug-likeness (QED) is 0.452. The van der Waals surface area contributed by atoms with Crippen molar-refractivity contribution in [1.82, 2.24) is 0 Å². The molecule has 2 unspecified atom stereocenters. The average molecular weight is 360 g/mol. The van der Waals surface area contributed by atoms with E-state index in [0.717, 1.165) is 5.56 Å². The fourth-order valence-corrected chi connectivity index (χ4v) is 3.09. The molecule has 0 aliphatic rings. The lowest BCUT2D eigenvalue weighted by Gasteiger charge is -2.38. The Morgan fingerprint density at radius 2 is 1.78 bits per heavy atom. The van der Waals surface area contributed by atoms with E-state index in [0.29, 0.717) is 24.4 Å². The first kappa shape index (κ1) is 20.2. The number of hydrogen-bond donors (Lipinski definition) is 0. The first-order valence-corrected chi connectivity index (χ1v) is 9.55. The third-order valence-corrected chi connectivity index (χ3v) is 4.57. The van der Waals surface area contributed by atoms with Crippen LogP contribution in [0.25, 0.3) is 0 Å². The SMILES string of the molecule is CCOC(OCC)(O[PH](=O)CC)C(CC#N)c1ccc(Cl)cc1. The van der Waals surface area contributed by atoms with Gasteiger partial charge in [0.15, 0.2) is 8.03 Å². The zero-order valence-electron chi connectivity index (χ0n) is 13.7. The summed E-state index contributed by atoms with van der Waals surface area (Å²) >= 11 is 5.93. The molecule has 1 aromatic carbocycles. The molecule has 1 rings (SSSR count). The van der Waals surface area contributed by atoms with Crippen molar-refractivity contribution in [3.05, 3.63) is 34.9 Å². The highest BCUT2D eigenvalue weighted by atomic mass is 35.5. The molecule has 0 aromatic heterocycles. The highest BCUT2D eigenvalue weighted by Crippen LogP contribution is 2.43. The predicted molar refractivity (Wildman–Crippen MR) is 91.0 cm³/mol. The minimum absolute atomic E-state index is 0.0977. The molecule has 0 radical (unpaired) electrons. The number of ether oxygens (including phenoxy) is 2. The minimum atomic E-state index is -2.34. The van der Waals surface area contributed by atoms with Gasteiger partial charge in [0.05, 0.1) is 12.0 Å². The van der Waals surface area contributed by atoms with Crippen LogP contribution < -0.4 is 0 Å². The fourth-order valence-electron chi connectivity index (χ4n) is 2.24. The van der Waals surface area contributed by atoms with Crippen LogP contribution in [-0.2, 0) is 18.6 Å². The van der Waals surface area contributed by atoms with Gasteiger partial charge >= 0.3 is 0 Å². The van der Waals surface area contributed by atoms with Crippen molar-refractivity contribution >= 4 is 19.6 Å². The number of nitriles is 1. The van der Waals surface area contributed by atoms with Gasteiger partial charge in [0.2, 0.25) is 0 Å². The zero-order chi connectivity index (χ0) is 17.3. The topological polar surface area (TPSA) is 68.6 Å². The summed E-state index contributed by atoms with van der Waals surface area (Å²) in [6, 6.07) is 9.18. The van der Waals surface area contributed by atoms with Crippen molar-refractivity contribution < 1.29 is 18.6 Å². The number of benzene rings is 1. The van der Waals surface area contributed by atoms with Gasteiger partial charge in [-0.25, -0.2) is 0 Å². The van der Waals surface area contributed by atoms with Crippen molar-refractivity contribution in [3.8, 4) is 6.07 Å². The lowest BCUT2D eigenvalue weighted by atomic mass is 9.93. The van der Waals surface area contributed by atoms with Crippen LogP contribution in [0.2, 0.25) is 5.02 Å². The van der Waals surface area contributed by atoms with Gasteiger partial charge in [-0.1, -0.05) is 30.7 Å². The monoisotopic (exact) mass is 359 g/mol. The van der Waals surface area contributed by atoms with Gasteiger partial charge in [-0.3, -0.25) is 9.09 Å². The van der Waals surface area contributed by atoms with Gasteiger partial charge in [0.25, 0.3) is 5.97 Å². The fraction of sp³-hybridized carbons (Fsp3) is 0.562. The summed E-state index contributed by atoms with van der Waals surface area (Å²) in [4.78, 5) is 0. The molecule has 7 heteroatoms. The Morgan fingerprint density at radius 1 is 1.22 bits per heavy atom. The summed E-state index contributed by atoms with van der Waals surface area (Å²) in [7, 11) is -2.34. The summed E-state index contributed by atoms with van der Waals surface area (Å²) in [6.07, 6.45) is 0.465. The molecule has 0 spiro atoms. The summed E-state index contributed by atoms with van der Waals surface area (Å²) in [5.41, 5.74) is 0.781. The predicted octanol–water partition coefficient (Wildman–Crippen LogP) is 4.58. The first-order chi connectivity index (χ1) is 11.0. The molecular weight excluding hydrogens is 337 g/mol. The van der Waals surface area contributed by atoms with E-state index in [1.54, 1.807) is 45.0 Å². The minimum Gasteiger partial charge on any atom is -0.327 e. The van der Waals surface area contributed by atoms with E-state index in [4.69, 9.17) is 25.6 Å². The van der Waals surface area contributed by atoms with E-state index in [2.05, 4.69) is 6.07 Å². The van der Waals surface area contributed by atoms with E-state index < -0.39 is 19.9 Å². The Hall–Kier alpha value is -0.890. The molecule has 0 heterocycles. The van der Waals surface area contributed by atoms with Crippen LogP contribution in [0.3, 0.4) is 0 Å². The first-order valence-electron chi connectivity index (χ1n) is 7.65. The molecular formula is C16H23ClNO4P. The van der Waals surface area contributed by atoms with Crippen molar-refractivity contribution in [2.24, 2.45) is 0 Å². The second kappa shape index (κ2) is 10.1. The summed E-state index contributed by atoms with van der Waals surface area (Å²) in [5.74, 6) is -2.08. The van der Waals surface area contributed by atoms with E-state index in [-0.39, 0.29) is 6.42 Å². The number of halogens is 1. The van der Waals surface area contributed by atoms with Crippen LogP contribution in [0.5, 0.6) is 0 Å². The van der Waals surface area contributed by atoms with Crippen LogP contribution in [0.4, 0.5) is 0 Å². The molecule has 0 saturated carbocycles. The molecule has 128 valence electrons. The average Bonchev–Trinajstić information content (AvgIpc) is 2.54. The molecule has 0 amide bonds. The Morgan fingerprint density at radius 3 is 2.22 bits per heavy atom. The van der Waals surface area contributed by atoms with E-state index in [1.807, 2.05) is 0 Å². The van der Waals surface area contributed by atoms with E-state index in [1.165, 1.54) is 0 Å². The molecule has 0 N–H and O–H groups in total. The van der Waals surface area contributed by atoms with Crippen molar-refractivity contribution in [3.63, 3.8) is 0 Å². The lowest BCUT2D eigenvalue weighted by molar-refractivity contribution is -0.351. The molecule has 0 bridgehead atoms. The maximum Gasteiger partial charge on any atom is 0.296 e. The van der Waals surface area contributed by atoms with Gasteiger partial charge in [-0.2, -0.15) is 5.26 Å². The number of nitrogens with zero attached hydrogens (tertiary/aromatic N) is 1. The number of hydrogen-bond acceptors (Lipinski definition) is 5. The molecule has 1 aromatic rings. The van der Waals surface area contributed by atoms with Gasteiger partial charge < -0.3 is 9.47 Å². The zero-order valence-corrected chi connectivity index (χ0v) is 15.4. The number of rotatable bonds is 10. The van der Waals surface area contributed by atoms with Gasteiger partial charge in [0, 0.05) is 30.8 Å². The molecule has 2 atom stereocenters. The van der Waals surface area contributed by atoms with Crippen LogP contribution >= 0.6 is 19.6 Å². The summed E-state index contributed by atoms with van der Waals surface area (Å²) < 4.78 is 29.2. The molecule has 5 nitrogen and oxygen atoms in total. The second-order valence-corrected chi connectivity index (χ2v) is 6.86. The summed E-state index contributed by atoms with van der Waals surface area (Å²) in [6.45, 7) is 5.96. The molecule has 23 heavy (non-hydrogen) atoms. The standard InChI is InChI=1S/C16H23ClNO4P/c1-4-20-16(21-5-2,22-23(19)6-3)15(11-12-18)13-7-9-14(17)10-8-13/h7-10,15,23H,4-6,11H2,1-3H3. The van der Waals surface area contributed by atoms with Crippen molar-refractivity contribution in [2.75, 3.05) is 19.4 Å². The van der Waals surface area contributed by atoms with Crippen molar-refractivity contribution in [2.45, 2.75) is 39.1 Å². The Labute approximate surface area is 143 Å². The van der Waals surface area contributed by atoms with Crippen molar-refractivity contribution in [1.29, 1.82) is 5.26 Å². The summed E-state index contributed by atoms with van der Waals surface area (Å²) in [5, 5.41) is 9.82. The molecule has 0 saturated heterocycles. The normalized spacial score (nSPS) is 14.2. The van der Waals surface area contributed by atoms with Gasteiger partial charge in [-0.05, 0) is 31.5 Å². The molecule has 0 aliphatic carbocycles. The maximum atomic E-state index is 12.1. The van der Waals surface area contributed by atoms with Crippen LogP contribution in [0, 0.1) is 11.3 Å². The Kier molecular flexibility index (Phi) is 8.83. The third kappa shape index (κ3) is 5.60. The molecule has 0 fully saturated rings. The second-order valence-electron chi connectivity index (χ2n) is 4.76.